The first-order valence-electron chi connectivity index (χ1n) is 4.18. The van der Waals surface area contributed by atoms with E-state index in [1.54, 1.807) is 0 Å². The Labute approximate surface area is 107 Å². The Morgan fingerprint density at radius 2 is 2.00 bits per heavy atom. The summed E-state index contributed by atoms with van der Waals surface area (Å²) in [7, 11) is 0. The van der Waals surface area contributed by atoms with Gasteiger partial charge in [-0.25, -0.2) is 9.67 Å². The Bertz CT molecular complexity index is 554. The minimum absolute atomic E-state index is 0.0766. The Hall–Kier alpha value is -1.15. The molecule has 4 nitrogen and oxygen atoms in total. The lowest BCUT2D eigenvalue weighted by Gasteiger charge is -2.03. The predicted molar refractivity (Wildman–Crippen MR) is 56.9 cm³/mol. The molecule has 0 amide bonds. The molecule has 90 valence electrons. The van der Waals surface area contributed by atoms with Crippen LogP contribution in [-0.4, -0.2) is 19.7 Å². The number of nitrogens with zero attached hydrogens (tertiary/aromatic N) is 4. The fourth-order valence-corrected chi connectivity index (χ4v) is 1.58. The highest BCUT2D eigenvalue weighted by molar-refractivity contribution is 9.10. The molecule has 0 N–H and O–H groups in total. The zero-order valence-corrected chi connectivity index (χ0v) is 10.3. The zero-order chi connectivity index (χ0) is 12.6. The number of rotatable bonds is 1. The lowest BCUT2D eigenvalue weighted by Crippen LogP contribution is -2.04. The standard InChI is InChI=1S/C8H3BrClF3N4/c9-5-2-14-7(10)16-6(5)17-3-4(1-15-17)8(11,12)13/h1-3H. The van der Waals surface area contributed by atoms with Crippen LogP contribution >= 0.6 is 27.5 Å². The van der Waals surface area contributed by atoms with Crippen molar-refractivity contribution >= 4 is 27.5 Å². The second-order valence-corrected chi connectivity index (χ2v) is 4.17. The van der Waals surface area contributed by atoms with Crippen LogP contribution in [0.3, 0.4) is 0 Å². The van der Waals surface area contributed by atoms with Gasteiger partial charge in [0.2, 0.25) is 5.28 Å². The highest BCUT2D eigenvalue weighted by Crippen LogP contribution is 2.29. The summed E-state index contributed by atoms with van der Waals surface area (Å²) in [6.07, 6.45) is -1.58. The van der Waals surface area contributed by atoms with Gasteiger partial charge in [0.25, 0.3) is 0 Å². The van der Waals surface area contributed by atoms with E-state index in [9.17, 15) is 13.2 Å². The molecule has 2 aromatic heterocycles. The van der Waals surface area contributed by atoms with E-state index >= 15 is 0 Å². The Morgan fingerprint density at radius 3 is 2.59 bits per heavy atom. The molecule has 0 bridgehead atoms. The van der Waals surface area contributed by atoms with Gasteiger partial charge in [-0.05, 0) is 27.5 Å². The molecule has 0 unspecified atom stereocenters. The molecule has 9 heteroatoms. The monoisotopic (exact) mass is 326 g/mol. The van der Waals surface area contributed by atoms with Gasteiger partial charge in [-0.15, -0.1) is 0 Å². The van der Waals surface area contributed by atoms with Crippen LogP contribution in [-0.2, 0) is 6.18 Å². The van der Waals surface area contributed by atoms with E-state index in [1.165, 1.54) is 6.20 Å². The molecule has 0 atom stereocenters. The molecular formula is C8H3BrClF3N4. The molecule has 0 saturated carbocycles. The van der Waals surface area contributed by atoms with Crippen LogP contribution in [0.5, 0.6) is 0 Å². The fraction of sp³-hybridized carbons (Fsp3) is 0.125. The molecule has 2 rings (SSSR count). The molecular weight excluding hydrogens is 324 g/mol. The lowest BCUT2D eigenvalue weighted by molar-refractivity contribution is -0.137. The number of alkyl halides is 3. The van der Waals surface area contributed by atoms with Crippen LogP contribution < -0.4 is 0 Å². The minimum atomic E-state index is -4.44. The maximum atomic E-state index is 12.4. The van der Waals surface area contributed by atoms with Gasteiger partial charge < -0.3 is 0 Å². The van der Waals surface area contributed by atoms with E-state index in [0.717, 1.165) is 10.9 Å². The highest BCUT2D eigenvalue weighted by atomic mass is 79.9. The van der Waals surface area contributed by atoms with Crippen molar-refractivity contribution in [3.63, 3.8) is 0 Å². The van der Waals surface area contributed by atoms with Gasteiger partial charge in [-0.2, -0.15) is 23.3 Å². The van der Waals surface area contributed by atoms with Crippen molar-refractivity contribution in [1.82, 2.24) is 19.7 Å². The predicted octanol–water partition coefficient (Wildman–Crippen LogP) is 3.10. The third kappa shape index (κ3) is 2.58. The molecule has 2 heterocycles. The van der Waals surface area contributed by atoms with Crippen molar-refractivity contribution in [1.29, 1.82) is 0 Å². The van der Waals surface area contributed by atoms with Crippen molar-refractivity contribution < 1.29 is 13.2 Å². The zero-order valence-electron chi connectivity index (χ0n) is 7.91. The van der Waals surface area contributed by atoms with E-state index in [-0.39, 0.29) is 11.1 Å². The average molecular weight is 327 g/mol. The van der Waals surface area contributed by atoms with Gasteiger partial charge in [-0.1, -0.05) is 0 Å². The van der Waals surface area contributed by atoms with Crippen LogP contribution in [0.15, 0.2) is 23.1 Å². The van der Waals surface area contributed by atoms with Gasteiger partial charge in [0, 0.05) is 12.4 Å². The maximum absolute atomic E-state index is 12.4. The number of hydrogen-bond acceptors (Lipinski definition) is 3. The third-order valence-corrected chi connectivity index (χ3v) is 2.56. The molecule has 0 spiro atoms. The number of hydrogen-bond donors (Lipinski definition) is 0. The van der Waals surface area contributed by atoms with Gasteiger partial charge in [0.05, 0.1) is 16.2 Å². The van der Waals surface area contributed by atoms with Gasteiger partial charge >= 0.3 is 6.18 Å². The van der Waals surface area contributed by atoms with Crippen LogP contribution in [0.2, 0.25) is 5.28 Å². The second-order valence-electron chi connectivity index (χ2n) is 2.98. The van der Waals surface area contributed by atoms with Gasteiger partial charge in [0.1, 0.15) is 0 Å². The van der Waals surface area contributed by atoms with Crippen molar-refractivity contribution in [3.05, 3.63) is 33.9 Å². The summed E-state index contributed by atoms with van der Waals surface area (Å²) in [4.78, 5) is 7.44. The first kappa shape index (κ1) is 12.3. The van der Waals surface area contributed by atoms with E-state index in [0.29, 0.717) is 10.7 Å². The number of aromatic nitrogens is 4. The molecule has 0 aliphatic rings. The Morgan fingerprint density at radius 1 is 1.29 bits per heavy atom. The van der Waals surface area contributed by atoms with Crippen LogP contribution in [0.1, 0.15) is 5.56 Å². The Balaban J connectivity index is 2.47. The summed E-state index contributed by atoms with van der Waals surface area (Å²) in [5.74, 6) is 0.139. The molecule has 0 aliphatic heterocycles. The molecule has 0 aliphatic carbocycles. The molecule has 0 fully saturated rings. The summed E-state index contributed by atoms with van der Waals surface area (Å²) in [5.41, 5.74) is -0.862. The van der Waals surface area contributed by atoms with Crippen molar-refractivity contribution in [2.45, 2.75) is 6.18 Å². The van der Waals surface area contributed by atoms with E-state index < -0.39 is 11.7 Å². The van der Waals surface area contributed by atoms with Crippen LogP contribution in [0, 0.1) is 0 Å². The highest BCUT2D eigenvalue weighted by Gasteiger charge is 2.32. The molecule has 2 aromatic rings. The van der Waals surface area contributed by atoms with E-state index in [2.05, 4.69) is 31.0 Å². The first-order valence-corrected chi connectivity index (χ1v) is 5.35. The van der Waals surface area contributed by atoms with E-state index in [4.69, 9.17) is 11.6 Å². The molecule has 0 aromatic carbocycles. The van der Waals surface area contributed by atoms with Crippen molar-refractivity contribution in [2.75, 3.05) is 0 Å². The summed E-state index contributed by atoms with van der Waals surface area (Å²) >= 11 is 8.66. The fourth-order valence-electron chi connectivity index (χ4n) is 1.08. The van der Waals surface area contributed by atoms with Crippen molar-refractivity contribution in [2.24, 2.45) is 0 Å². The Kier molecular flexibility index (Phi) is 3.09. The topological polar surface area (TPSA) is 43.6 Å². The van der Waals surface area contributed by atoms with E-state index in [1.807, 2.05) is 0 Å². The van der Waals surface area contributed by atoms with Crippen LogP contribution in [0.25, 0.3) is 5.82 Å². The van der Waals surface area contributed by atoms with Crippen molar-refractivity contribution in [3.8, 4) is 5.82 Å². The third-order valence-electron chi connectivity index (χ3n) is 1.82. The normalized spacial score (nSPS) is 11.8. The SMILES string of the molecule is FC(F)(F)c1cnn(-c2nc(Cl)ncc2Br)c1. The molecule has 17 heavy (non-hydrogen) atoms. The largest absolute Gasteiger partial charge is 0.419 e. The smallest absolute Gasteiger partial charge is 0.225 e. The molecule has 0 radical (unpaired) electrons. The average Bonchev–Trinajstić information content (AvgIpc) is 2.70. The lowest BCUT2D eigenvalue weighted by atomic mass is 10.4. The van der Waals surface area contributed by atoms with Crippen LogP contribution in [0.4, 0.5) is 13.2 Å². The van der Waals surface area contributed by atoms with Gasteiger partial charge in [0.15, 0.2) is 5.82 Å². The minimum Gasteiger partial charge on any atom is -0.225 e. The van der Waals surface area contributed by atoms with Gasteiger partial charge in [-0.3, -0.25) is 0 Å². The summed E-state index contributed by atoms with van der Waals surface area (Å²) < 4.78 is 38.5. The summed E-state index contributed by atoms with van der Waals surface area (Å²) in [6, 6.07) is 0. The summed E-state index contributed by atoms with van der Waals surface area (Å²) in [6.45, 7) is 0. The molecule has 0 saturated heterocycles. The second kappa shape index (κ2) is 4.26. The maximum Gasteiger partial charge on any atom is 0.419 e. The summed E-state index contributed by atoms with van der Waals surface area (Å²) in [5, 5.41) is 3.50. The quantitative estimate of drug-likeness (QED) is 0.756. The number of halogens is 5. The first-order chi connectivity index (χ1) is 7.88.